The van der Waals surface area contributed by atoms with Crippen molar-refractivity contribution in [2.45, 2.75) is 26.4 Å². The SMILES string of the molecule is CCNC(=O)Cn1cncc1C(C)N. The van der Waals surface area contributed by atoms with E-state index in [1.54, 1.807) is 17.1 Å². The lowest BCUT2D eigenvalue weighted by molar-refractivity contribution is -0.121. The molecule has 5 nitrogen and oxygen atoms in total. The predicted molar refractivity (Wildman–Crippen MR) is 53.5 cm³/mol. The predicted octanol–water partition coefficient (Wildman–Crippen LogP) is 0.0389. The molecule has 0 bridgehead atoms. The number of carbonyl (C=O) groups excluding carboxylic acids is 1. The van der Waals surface area contributed by atoms with Crippen molar-refractivity contribution in [3.63, 3.8) is 0 Å². The van der Waals surface area contributed by atoms with Gasteiger partial charge in [-0.2, -0.15) is 0 Å². The normalized spacial score (nSPS) is 12.5. The summed E-state index contributed by atoms with van der Waals surface area (Å²) in [6, 6.07) is -0.105. The molecule has 78 valence electrons. The van der Waals surface area contributed by atoms with E-state index in [-0.39, 0.29) is 18.5 Å². The summed E-state index contributed by atoms with van der Waals surface area (Å²) in [5.41, 5.74) is 6.59. The number of carbonyl (C=O) groups is 1. The Labute approximate surface area is 83.3 Å². The smallest absolute Gasteiger partial charge is 0.239 e. The Morgan fingerprint density at radius 3 is 3.07 bits per heavy atom. The van der Waals surface area contributed by atoms with Crippen LogP contribution in [0.4, 0.5) is 0 Å². The summed E-state index contributed by atoms with van der Waals surface area (Å²) >= 11 is 0. The molecule has 1 rings (SSSR count). The molecule has 1 aromatic rings. The molecule has 0 aliphatic carbocycles. The summed E-state index contributed by atoms with van der Waals surface area (Å²) in [4.78, 5) is 15.2. The number of rotatable bonds is 4. The summed E-state index contributed by atoms with van der Waals surface area (Å²) < 4.78 is 1.76. The third kappa shape index (κ3) is 2.56. The molecule has 1 amide bonds. The first kappa shape index (κ1) is 10.7. The van der Waals surface area contributed by atoms with Crippen LogP contribution in [0.25, 0.3) is 0 Å². The Kier molecular flexibility index (Phi) is 3.64. The second-order valence-electron chi connectivity index (χ2n) is 3.19. The van der Waals surface area contributed by atoms with Crippen LogP contribution in [-0.2, 0) is 11.3 Å². The van der Waals surface area contributed by atoms with Gasteiger partial charge in [0.05, 0.1) is 12.0 Å². The van der Waals surface area contributed by atoms with Crippen LogP contribution in [0.5, 0.6) is 0 Å². The summed E-state index contributed by atoms with van der Waals surface area (Å²) in [6.07, 6.45) is 3.30. The molecule has 0 saturated carbocycles. The van der Waals surface area contributed by atoms with Crippen molar-refractivity contribution in [1.29, 1.82) is 0 Å². The molecular formula is C9H16N4O. The lowest BCUT2D eigenvalue weighted by Gasteiger charge is -2.09. The molecule has 1 heterocycles. The monoisotopic (exact) mass is 196 g/mol. The van der Waals surface area contributed by atoms with Gasteiger partial charge >= 0.3 is 0 Å². The van der Waals surface area contributed by atoms with E-state index in [4.69, 9.17) is 5.73 Å². The number of nitrogens with two attached hydrogens (primary N) is 1. The van der Waals surface area contributed by atoms with Crippen molar-refractivity contribution in [1.82, 2.24) is 14.9 Å². The zero-order valence-electron chi connectivity index (χ0n) is 8.53. The Hall–Kier alpha value is -1.36. The lowest BCUT2D eigenvalue weighted by Crippen LogP contribution is -2.28. The molecule has 0 fully saturated rings. The maximum absolute atomic E-state index is 11.3. The molecule has 0 spiro atoms. The minimum atomic E-state index is -0.105. The molecule has 5 heteroatoms. The standard InChI is InChI=1S/C9H16N4O/c1-3-12-9(14)5-13-6-11-4-8(13)7(2)10/h4,6-7H,3,5,10H2,1-2H3,(H,12,14). The highest BCUT2D eigenvalue weighted by molar-refractivity contribution is 5.75. The van der Waals surface area contributed by atoms with E-state index >= 15 is 0 Å². The number of aromatic nitrogens is 2. The van der Waals surface area contributed by atoms with Crippen LogP contribution >= 0.6 is 0 Å². The molecule has 14 heavy (non-hydrogen) atoms. The fourth-order valence-electron chi connectivity index (χ4n) is 1.25. The second kappa shape index (κ2) is 4.76. The van der Waals surface area contributed by atoms with Gasteiger partial charge in [-0.15, -0.1) is 0 Å². The van der Waals surface area contributed by atoms with Crippen LogP contribution in [-0.4, -0.2) is 22.0 Å². The van der Waals surface area contributed by atoms with Crippen molar-refractivity contribution in [3.05, 3.63) is 18.2 Å². The van der Waals surface area contributed by atoms with E-state index in [1.165, 1.54) is 0 Å². The van der Waals surface area contributed by atoms with Crippen LogP contribution < -0.4 is 11.1 Å². The van der Waals surface area contributed by atoms with Gasteiger partial charge in [0, 0.05) is 18.8 Å². The van der Waals surface area contributed by atoms with Gasteiger partial charge in [-0.05, 0) is 13.8 Å². The number of likely N-dealkylation sites (N-methyl/N-ethyl adjacent to an activating group) is 1. The molecule has 1 unspecified atom stereocenters. The van der Waals surface area contributed by atoms with Crippen molar-refractivity contribution in [2.75, 3.05) is 6.54 Å². The Bertz CT molecular complexity index is 306. The molecule has 1 atom stereocenters. The van der Waals surface area contributed by atoms with Gasteiger partial charge in [0.2, 0.25) is 5.91 Å². The summed E-state index contributed by atoms with van der Waals surface area (Å²) in [5.74, 6) is -0.0209. The van der Waals surface area contributed by atoms with E-state index in [0.29, 0.717) is 6.54 Å². The topological polar surface area (TPSA) is 72.9 Å². The molecule has 0 radical (unpaired) electrons. The van der Waals surface area contributed by atoms with Crippen LogP contribution in [0.3, 0.4) is 0 Å². The van der Waals surface area contributed by atoms with Gasteiger partial charge in [0.25, 0.3) is 0 Å². The molecular weight excluding hydrogens is 180 g/mol. The van der Waals surface area contributed by atoms with Crippen molar-refractivity contribution < 1.29 is 4.79 Å². The largest absolute Gasteiger partial charge is 0.355 e. The number of hydrogen-bond acceptors (Lipinski definition) is 3. The molecule has 0 aliphatic heterocycles. The highest BCUT2D eigenvalue weighted by Gasteiger charge is 2.08. The quantitative estimate of drug-likeness (QED) is 0.714. The fourth-order valence-corrected chi connectivity index (χ4v) is 1.25. The fraction of sp³-hybridized carbons (Fsp3) is 0.556. The second-order valence-corrected chi connectivity index (χ2v) is 3.19. The van der Waals surface area contributed by atoms with Crippen LogP contribution in [0.1, 0.15) is 25.6 Å². The molecule has 0 saturated heterocycles. The Balaban J connectivity index is 2.66. The van der Waals surface area contributed by atoms with E-state index in [2.05, 4.69) is 10.3 Å². The number of hydrogen-bond donors (Lipinski definition) is 2. The highest BCUT2D eigenvalue weighted by atomic mass is 16.1. The Morgan fingerprint density at radius 1 is 1.79 bits per heavy atom. The maximum atomic E-state index is 11.3. The Morgan fingerprint density at radius 2 is 2.50 bits per heavy atom. The van der Waals surface area contributed by atoms with E-state index in [0.717, 1.165) is 5.69 Å². The summed E-state index contributed by atoms with van der Waals surface area (Å²) in [5, 5.41) is 2.72. The first-order valence-corrected chi connectivity index (χ1v) is 4.67. The van der Waals surface area contributed by atoms with Gasteiger partial charge in [-0.3, -0.25) is 4.79 Å². The summed E-state index contributed by atoms with van der Waals surface area (Å²) in [6.45, 7) is 4.68. The zero-order valence-corrected chi connectivity index (χ0v) is 8.53. The minimum Gasteiger partial charge on any atom is -0.355 e. The van der Waals surface area contributed by atoms with Crippen LogP contribution in [0, 0.1) is 0 Å². The number of amides is 1. The van der Waals surface area contributed by atoms with Gasteiger partial charge in [0.15, 0.2) is 0 Å². The lowest BCUT2D eigenvalue weighted by atomic mass is 10.3. The maximum Gasteiger partial charge on any atom is 0.239 e. The van der Waals surface area contributed by atoms with Crippen molar-refractivity contribution in [2.24, 2.45) is 5.73 Å². The first-order chi connectivity index (χ1) is 6.65. The molecule has 1 aromatic heterocycles. The third-order valence-corrected chi connectivity index (χ3v) is 1.90. The average molecular weight is 196 g/mol. The van der Waals surface area contributed by atoms with E-state index in [9.17, 15) is 4.79 Å². The van der Waals surface area contributed by atoms with Crippen molar-refractivity contribution in [3.8, 4) is 0 Å². The van der Waals surface area contributed by atoms with Crippen LogP contribution in [0.2, 0.25) is 0 Å². The highest BCUT2D eigenvalue weighted by Crippen LogP contribution is 2.07. The van der Waals surface area contributed by atoms with E-state index < -0.39 is 0 Å². The number of nitrogens with one attached hydrogen (secondary N) is 1. The summed E-state index contributed by atoms with van der Waals surface area (Å²) in [7, 11) is 0. The van der Waals surface area contributed by atoms with Crippen molar-refractivity contribution >= 4 is 5.91 Å². The van der Waals surface area contributed by atoms with E-state index in [1.807, 2.05) is 13.8 Å². The number of nitrogens with zero attached hydrogens (tertiary/aromatic N) is 2. The molecule has 0 aromatic carbocycles. The molecule has 3 N–H and O–H groups in total. The first-order valence-electron chi connectivity index (χ1n) is 4.67. The van der Waals surface area contributed by atoms with Gasteiger partial charge in [-0.25, -0.2) is 4.98 Å². The zero-order chi connectivity index (χ0) is 10.6. The van der Waals surface area contributed by atoms with Crippen LogP contribution in [0.15, 0.2) is 12.5 Å². The molecule has 0 aliphatic rings. The van der Waals surface area contributed by atoms with Gasteiger partial charge < -0.3 is 15.6 Å². The van der Waals surface area contributed by atoms with Gasteiger partial charge in [0.1, 0.15) is 6.54 Å². The average Bonchev–Trinajstić information content (AvgIpc) is 2.52. The third-order valence-electron chi connectivity index (χ3n) is 1.90. The van der Waals surface area contributed by atoms with Gasteiger partial charge in [-0.1, -0.05) is 0 Å². The minimum absolute atomic E-state index is 0.0209. The number of imidazole rings is 1.